The first kappa shape index (κ1) is 13.1. The van der Waals surface area contributed by atoms with E-state index in [2.05, 4.69) is 22.3 Å². The molecule has 94 valence electrons. The zero-order chi connectivity index (χ0) is 12.7. The maximum Gasteiger partial charge on any atom is 0.374 e. The van der Waals surface area contributed by atoms with Crippen molar-refractivity contribution in [1.82, 2.24) is 9.97 Å². The minimum absolute atomic E-state index is 0.0597. The van der Waals surface area contributed by atoms with Crippen LogP contribution in [0.15, 0.2) is 6.33 Å². The summed E-state index contributed by atoms with van der Waals surface area (Å²) < 4.78 is 5.25. The number of nitrogens with one attached hydrogen (secondary N) is 1. The molecule has 1 aromatic heterocycles. The summed E-state index contributed by atoms with van der Waals surface area (Å²) in [4.78, 5) is 17.6. The Hall–Kier alpha value is -1.96. The van der Waals surface area contributed by atoms with Crippen LogP contribution in [0.4, 0.5) is 11.5 Å². The van der Waals surface area contributed by atoms with Crippen molar-refractivity contribution in [1.29, 1.82) is 0 Å². The molecule has 0 saturated heterocycles. The van der Waals surface area contributed by atoms with E-state index in [0.29, 0.717) is 6.61 Å². The summed E-state index contributed by atoms with van der Waals surface area (Å²) >= 11 is 0. The summed E-state index contributed by atoms with van der Waals surface area (Å²) in [7, 11) is 0. The lowest BCUT2D eigenvalue weighted by atomic mass is 10.3. The van der Waals surface area contributed by atoms with Crippen LogP contribution in [0.25, 0.3) is 0 Å². The second-order valence-electron chi connectivity index (χ2n) is 3.33. The zero-order valence-corrected chi connectivity index (χ0v) is 9.55. The van der Waals surface area contributed by atoms with Crippen molar-refractivity contribution < 1.29 is 9.66 Å². The molecule has 0 aliphatic rings. The number of aromatic nitrogens is 2. The smallest absolute Gasteiger partial charge is 0.374 e. The molecule has 0 aromatic carbocycles. The lowest BCUT2D eigenvalue weighted by Gasteiger charge is -2.06. The Labute approximate surface area is 98.3 Å². The molecule has 0 atom stereocenters. The highest BCUT2D eigenvalue weighted by atomic mass is 16.6. The van der Waals surface area contributed by atoms with E-state index in [9.17, 15) is 10.1 Å². The van der Waals surface area contributed by atoms with Gasteiger partial charge in [0, 0.05) is 0 Å². The van der Waals surface area contributed by atoms with E-state index < -0.39 is 4.92 Å². The van der Waals surface area contributed by atoms with Gasteiger partial charge in [0.05, 0.1) is 11.5 Å². The van der Waals surface area contributed by atoms with Crippen molar-refractivity contribution in [3.05, 3.63) is 16.4 Å². The van der Waals surface area contributed by atoms with Gasteiger partial charge in [-0.25, -0.2) is 10.8 Å². The normalized spacial score (nSPS) is 10.0. The Balaban J connectivity index is 2.79. The molecule has 0 aliphatic heterocycles. The summed E-state index contributed by atoms with van der Waals surface area (Å²) in [6.45, 7) is 2.44. The summed E-state index contributed by atoms with van der Waals surface area (Å²) in [6, 6.07) is 0. The molecule has 8 heteroatoms. The Kier molecular flexibility index (Phi) is 5.08. The zero-order valence-electron chi connectivity index (χ0n) is 9.55. The average molecular weight is 241 g/mol. The van der Waals surface area contributed by atoms with Crippen LogP contribution in [0.1, 0.15) is 26.2 Å². The highest BCUT2D eigenvalue weighted by Crippen LogP contribution is 2.29. The van der Waals surface area contributed by atoms with Gasteiger partial charge in [0.25, 0.3) is 5.88 Å². The predicted molar refractivity (Wildman–Crippen MR) is 61.5 cm³/mol. The molecular formula is C9H15N5O3. The fourth-order valence-electron chi connectivity index (χ4n) is 1.26. The summed E-state index contributed by atoms with van der Waals surface area (Å²) in [6.07, 6.45) is 4.03. The van der Waals surface area contributed by atoms with Gasteiger partial charge in [-0.1, -0.05) is 19.8 Å². The van der Waals surface area contributed by atoms with Gasteiger partial charge in [-0.2, -0.15) is 4.98 Å². The highest BCUT2D eigenvalue weighted by molar-refractivity contribution is 5.60. The number of nitrogens with two attached hydrogens (primary N) is 1. The van der Waals surface area contributed by atoms with Crippen LogP contribution in [-0.4, -0.2) is 21.5 Å². The number of nitrogens with zero attached hydrogens (tertiary/aromatic N) is 3. The molecule has 8 nitrogen and oxygen atoms in total. The monoisotopic (exact) mass is 241 g/mol. The van der Waals surface area contributed by atoms with Crippen LogP contribution in [0.3, 0.4) is 0 Å². The maximum atomic E-state index is 10.8. The van der Waals surface area contributed by atoms with Gasteiger partial charge in [-0.3, -0.25) is 10.1 Å². The fraction of sp³-hybridized carbons (Fsp3) is 0.556. The molecule has 1 aromatic rings. The standard InChI is InChI=1S/C9H15N5O3/c1-2-3-4-5-17-9-7(14(15)16)8(13-10)11-6-12-9/h6H,2-5,10H2,1H3,(H,11,12,13). The van der Waals surface area contributed by atoms with Crippen molar-refractivity contribution in [2.45, 2.75) is 26.2 Å². The Morgan fingerprint density at radius 3 is 2.88 bits per heavy atom. The van der Waals surface area contributed by atoms with Gasteiger partial charge in [0.15, 0.2) is 0 Å². The molecule has 0 bridgehead atoms. The molecule has 0 radical (unpaired) electrons. The van der Waals surface area contributed by atoms with Gasteiger partial charge in [0.2, 0.25) is 5.82 Å². The average Bonchev–Trinajstić information content (AvgIpc) is 2.33. The number of nitrogen functional groups attached to an aromatic ring is 1. The lowest BCUT2D eigenvalue weighted by Crippen LogP contribution is -2.13. The molecule has 0 fully saturated rings. The molecule has 0 aliphatic carbocycles. The van der Waals surface area contributed by atoms with E-state index in [1.54, 1.807) is 0 Å². The molecule has 0 saturated carbocycles. The lowest BCUT2D eigenvalue weighted by molar-refractivity contribution is -0.385. The predicted octanol–water partition coefficient (Wildman–Crippen LogP) is 1.24. The first-order valence-corrected chi connectivity index (χ1v) is 5.29. The number of anilines is 1. The number of ether oxygens (including phenoxy) is 1. The van der Waals surface area contributed by atoms with Crippen LogP contribution in [0, 0.1) is 10.1 Å². The van der Waals surface area contributed by atoms with Gasteiger partial charge >= 0.3 is 5.69 Å². The van der Waals surface area contributed by atoms with Gasteiger partial charge < -0.3 is 10.2 Å². The molecular weight excluding hydrogens is 226 g/mol. The molecule has 0 spiro atoms. The summed E-state index contributed by atoms with van der Waals surface area (Å²) in [5.41, 5.74) is 1.80. The number of rotatable bonds is 7. The quantitative estimate of drug-likeness (QED) is 0.319. The van der Waals surface area contributed by atoms with Gasteiger partial charge in [-0.15, -0.1) is 0 Å². The van der Waals surface area contributed by atoms with Crippen molar-refractivity contribution in [2.24, 2.45) is 5.84 Å². The molecule has 3 N–H and O–H groups in total. The maximum absolute atomic E-state index is 10.8. The van der Waals surface area contributed by atoms with Crippen molar-refractivity contribution in [3.8, 4) is 5.88 Å². The number of hydrazine groups is 1. The Morgan fingerprint density at radius 1 is 1.53 bits per heavy atom. The third-order valence-electron chi connectivity index (χ3n) is 2.09. The molecule has 0 amide bonds. The van der Waals surface area contributed by atoms with E-state index in [-0.39, 0.29) is 17.4 Å². The summed E-state index contributed by atoms with van der Waals surface area (Å²) in [5, 5.41) is 10.8. The SMILES string of the molecule is CCCCCOc1ncnc(NN)c1[N+](=O)[O-]. The second kappa shape index (κ2) is 6.59. The van der Waals surface area contributed by atoms with Gasteiger partial charge in [0.1, 0.15) is 6.33 Å². The summed E-state index contributed by atoms with van der Waals surface area (Å²) in [5.74, 6) is 5.01. The number of hydrogen-bond donors (Lipinski definition) is 2. The first-order chi connectivity index (χ1) is 8.20. The molecule has 1 heterocycles. The highest BCUT2D eigenvalue weighted by Gasteiger charge is 2.23. The fourth-order valence-corrected chi connectivity index (χ4v) is 1.26. The number of unbranched alkanes of at least 4 members (excludes halogenated alkanes) is 2. The topological polar surface area (TPSA) is 116 Å². The molecule has 0 unspecified atom stereocenters. The van der Waals surface area contributed by atoms with Crippen LogP contribution < -0.4 is 16.0 Å². The van der Waals surface area contributed by atoms with Crippen molar-refractivity contribution in [2.75, 3.05) is 12.0 Å². The third-order valence-corrected chi connectivity index (χ3v) is 2.09. The Bertz CT molecular complexity index is 385. The largest absolute Gasteiger partial charge is 0.473 e. The second-order valence-corrected chi connectivity index (χ2v) is 3.33. The van der Waals surface area contributed by atoms with E-state index in [1.807, 2.05) is 0 Å². The number of hydrogen-bond acceptors (Lipinski definition) is 7. The first-order valence-electron chi connectivity index (χ1n) is 5.29. The third kappa shape index (κ3) is 3.52. The van der Waals surface area contributed by atoms with Crippen molar-refractivity contribution in [3.63, 3.8) is 0 Å². The van der Waals surface area contributed by atoms with E-state index in [4.69, 9.17) is 10.6 Å². The van der Waals surface area contributed by atoms with E-state index in [0.717, 1.165) is 25.6 Å². The van der Waals surface area contributed by atoms with Gasteiger partial charge in [-0.05, 0) is 6.42 Å². The van der Waals surface area contributed by atoms with E-state index >= 15 is 0 Å². The van der Waals surface area contributed by atoms with Crippen LogP contribution in [0.5, 0.6) is 5.88 Å². The van der Waals surface area contributed by atoms with E-state index in [1.165, 1.54) is 0 Å². The number of nitro groups is 1. The van der Waals surface area contributed by atoms with Crippen LogP contribution in [-0.2, 0) is 0 Å². The molecule has 17 heavy (non-hydrogen) atoms. The minimum atomic E-state index is -0.621. The molecule has 1 rings (SSSR count). The van der Waals surface area contributed by atoms with Crippen molar-refractivity contribution >= 4 is 11.5 Å². The minimum Gasteiger partial charge on any atom is -0.473 e. The van der Waals surface area contributed by atoms with Crippen LogP contribution >= 0.6 is 0 Å². The van der Waals surface area contributed by atoms with Crippen LogP contribution in [0.2, 0.25) is 0 Å². The Morgan fingerprint density at radius 2 is 2.29 bits per heavy atom.